The first kappa shape index (κ1) is 16.5. The molecule has 1 amide bonds. The van der Waals surface area contributed by atoms with E-state index in [1.165, 1.54) is 18.4 Å². The van der Waals surface area contributed by atoms with Crippen molar-refractivity contribution in [2.24, 2.45) is 0 Å². The maximum atomic E-state index is 12.5. The Kier molecular flexibility index (Phi) is 5.54. The van der Waals surface area contributed by atoms with Crippen molar-refractivity contribution in [3.63, 3.8) is 0 Å². The van der Waals surface area contributed by atoms with Crippen LogP contribution in [-0.2, 0) is 4.74 Å². The lowest BCUT2D eigenvalue weighted by Crippen LogP contribution is -2.36. The highest BCUT2D eigenvalue weighted by atomic mass is 35.5. The van der Waals surface area contributed by atoms with Crippen molar-refractivity contribution in [3.05, 3.63) is 41.4 Å². The number of nitrogens with zero attached hydrogens (tertiary/aromatic N) is 2. The molecule has 0 saturated carbocycles. The second-order valence-corrected chi connectivity index (χ2v) is 5.21. The van der Waals surface area contributed by atoms with Crippen LogP contribution in [-0.4, -0.2) is 54.3 Å². The number of amides is 1. The van der Waals surface area contributed by atoms with Crippen molar-refractivity contribution in [1.29, 1.82) is 0 Å². The molecular formula is C15H17ClN2O4. The van der Waals surface area contributed by atoms with Gasteiger partial charge >= 0.3 is 0 Å². The molecule has 0 aliphatic heterocycles. The van der Waals surface area contributed by atoms with E-state index in [-0.39, 0.29) is 24.8 Å². The fourth-order valence-electron chi connectivity index (χ4n) is 2.06. The lowest BCUT2D eigenvalue weighted by Gasteiger charge is -2.19. The predicted molar refractivity (Wildman–Crippen MR) is 81.8 cm³/mol. The number of carbonyl (C=O) groups excluding carboxylic acids is 1. The average Bonchev–Trinajstić information content (AvgIpc) is 2.96. The number of methoxy groups -OCH3 is 1. The summed E-state index contributed by atoms with van der Waals surface area (Å²) in [5.41, 5.74) is 0.746. The van der Waals surface area contributed by atoms with E-state index < -0.39 is 6.10 Å². The Morgan fingerprint density at radius 1 is 1.50 bits per heavy atom. The van der Waals surface area contributed by atoms with E-state index in [0.717, 1.165) is 0 Å². The summed E-state index contributed by atoms with van der Waals surface area (Å²) in [6.07, 6.45) is 0.431. The third-order valence-corrected chi connectivity index (χ3v) is 3.41. The minimum Gasteiger partial charge on any atom is -0.443 e. The van der Waals surface area contributed by atoms with Crippen molar-refractivity contribution in [2.75, 3.05) is 27.3 Å². The van der Waals surface area contributed by atoms with Gasteiger partial charge in [0, 0.05) is 26.3 Å². The molecule has 0 fully saturated rings. The first-order chi connectivity index (χ1) is 10.5. The minimum atomic E-state index is -0.769. The summed E-state index contributed by atoms with van der Waals surface area (Å²) in [5, 5.41) is 10.2. The van der Waals surface area contributed by atoms with Gasteiger partial charge in [0.05, 0.1) is 17.7 Å². The van der Waals surface area contributed by atoms with E-state index in [2.05, 4.69) is 4.98 Å². The number of hydrogen-bond donors (Lipinski definition) is 1. The summed E-state index contributed by atoms with van der Waals surface area (Å²) in [6, 6.07) is 7.04. The van der Waals surface area contributed by atoms with Crippen molar-refractivity contribution in [3.8, 4) is 11.3 Å². The van der Waals surface area contributed by atoms with Gasteiger partial charge in [0.1, 0.15) is 0 Å². The number of aromatic nitrogens is 1. The Balaban J connectivity index is 2.22. The number of halogens is 1. The molecular weight excluding hydrogens is 308 g/mol. The maximum Gasteiger partial charge on any atom is 0.276 e. The number of ether oxygens (including phenoxy) is 1. The van der Waals surface area contributed by atoms with Gasteiger partial charge in [-0.15, -0.1) is 0 Å². The molecule has 2 aromatic rings. The molecule has 0 aliphatic carbocycles. The Bertz CT molecular complexity index is 644. The molecule has 6 nitrogen and oxygen atoms in total. The Morgan fingerprint density at radius 3 is 2.91 bits per heavy atom. The van der Waals surface area contributed by atoms with Gasteiger partial charge in [0.2, 0.25) is 0 Å². The number of hydrogen-bond acceptors (Lipinski definition) is 5. The third kappa shape index (κ3) is 3.65. The SMILES string of the molecule is COC[C@@H](O)CN(C)C(=O)c1ncoc1-c1ccccc1Cl. The van der Waals surface area contributed by atoms with E-state index in [0.29, 0.717) is 16.3 Å². The second kappa shape index (κ2) is 7.40. The van der Waals surface area contributed by atoms with E-state index >= 15 is 0 Å². The lowest BCUT2D eigenvalue weighted by molar-refractivity contribution is 0.0378. The normalized spacial score (nSPS) is 12.2. The molecule has 118 valence electrons. The molecule has 1 aromatic heterocycles. The Morgan fingerprint density at radius 2 is 2.23 bits per heavy atom. The summed E-state index contributed by atoms with van der Waals surface area (Å²) in [5.74, 6) is -0.0532. The molecule has 0 unspecified atom stereocenters. The van der Waals surface area contributed by atoms with Crippen LogP contribution in [0.4, 0.5) is 0 Å². The van der Waals surface area contributed by atoms with Crippen LogP contribution in [0.3, 0.4) is 0 Å². The van der Waals surface area contributed by atoms with Gasteiger partial charge in [0.25, 0.3) is 5.91 Å². The highest BCUT2D eigenvalue weighted by Crippen LogP contribution is 2.30. The van der Waals surface area contributed by atoms with Crippen molar-refractivity contribution in [1.82, 2.24) is 9.88 Å². The van der Waals surface area contributed by atoms with Crippen molar-refractivity contribution >= 4 is 17.5 Å². The Labute approximate surface area is 133 Å². The molecule has 1 N–H and O–H groups in total. The molecule has 22 heavy (non-hydrogen) atoms. The van der Waals surface area contributed by atoms with Gasteiger partial charge in [-0.3, -0.25) is 4.79 Å². The van der Waals surface area contributed by atoms with Gasteiger partial charge in [-0.1, -0.05) is 23.7 Å². The van der Waals surface area contributed by atoms with Crippen LogP contribution in [0.5, 0.6) is 0 Å². The largest absolute Gasteiger partial charge is 0.443 e. The summed E-state index contributed by atoms with van der Waals surface area (Å²) in [6.45, 7) is 0.273. The molecule has 2 rings (SSSR count). The van der Waals surface area contributed by atoms with Crippen LogP contribution < -0.4 is 0 Å². The number of aliphatic hydroxyl groups excluding tert-OH is 1. The van der Waals surface area contributed by atoms with E-state index in [1.807, 2.05) is 0 Å². The first-order valence-electron chi connectivity index (χ1n) is 6.65. The summed E-state index contributed by atoms with van der Waals surface area (Å²) < 4.78 is 10.2. The standard InChI is InChI=1S/C15H17ClN2O4/c1-18(7-10(19)8-21-2)15(20)13-14(22-9-17-13)11-5-3-4-6-12(11)16/h3-6,9-10,19H,7-8H2,1-2H3/t10-/m0/s1. The molecule has 0 aliphatic rings. The van der Waals surface area contributed by atoms with Gasteiger partial charge in [-0.2, -0.15) is 0 Å². The van der Waals surface area contributed by atoms with Crippen LogP contribution in [0.15, 0.2) is 35.1 Å². The fourth-order valence-corrected chi connectivity index (χ4v) is 2.28. The quantitative estimate of drug-likeness (QED) is 0.880. The highest BCUT2D eigenvalue weighted by Gasteiger charge is 2.24. The first-order valence-corrected chi connectivity index (χ1v) is 7.03. The molecule has 1 aromatic carbocycles. The van der Waals surface area contributed by atoms with E-state index in [1.54, 1.807) is 31.3 Å². The monoisotopic (exact) mass is 324 g/mol. The molecule has 0 spiro atoms. The topological polar surface area (TPSA) is 75.8 Å². The van der Waals surface area contributed by atoms with Gasteiger partial charge in [-0.05, 0) is 12.1 Å². The summed E-state index contributed by atoms with van der Waals surface area (Å²) in [4.78, 5) is 17.8. The van der Waals surface area contributed by atoms with E-state index in [4.69, 9.17) is 20.8 Å². The van der Waals surface area contributed by atoms with Crippen LogP contribution in [0, 0.1) is 0 Å². The smallest absolute Gasteiger partial charge is 0.276 e. The zero-order chi connectivity index (χ0) is 16.1. The Hall–Kier alpha value is -1.89. The van der Waals surface area contributed by atoms with Gasteiger partial charge in [-0.25, -0.2) is 4.98 Å². The zero-order valence-electron chi connectivity index (χ0n) is 12.3. The van der Waals surface area contributed by atoms with Crippen molar-refractivity contribution < 1.29 is 19.1 Å². The fraction of sp³-hybridized carbons (Fsp3) is 0.333. The van der Waals surface area contributed by atoms with Crippen LogP contribution in [0.1, 0.15) is 10.5 Å². The third-order valence-electron chi connectivity index (χ3n) is 3.08. The minimum absolute atomic E-state index is 0.126. The zero-order valence-corrected chi connectivity index (χ0v) is 13.1. The average molecular weight is 325 g/mol. The molecule has 1 atom stereocenters. The van der Waals surface area contributed by atoms with E-state index in [9.17, 15) is 9.90 Å². The number of rotatable bonds is 6. The number of likely N-dealkylation sites (N-methyl/N-ethyl adjacent to an activating group) is 1. The maximum absolute atomic E-state index is 12.5. The van der Waals surface area contributed by atoms with Crippen molar-refractivity contribution in [2.45, 2.75) is 6.10 Å². The summed E-state index contributed by atoms with van der Waals surface area (Å²) >= 11 is 6.13. The highest BCUT2D eigenvalue weighted by molar-refractivity contribution is 6.33. The van der Waals surface area contributed by atoms with Crippen LogP contribution >= 0.6 is 11.6 Å². The molecule has 0 radical (unpaired) electrons. The number of carbonyl (C=O) groups is 1. The summed E-state index contributed by atoms with van der Waals surface area (Å²) in [7, 11) is 3.06. The number of aliphatic hydroxyl groups is 1. The number of oxazole rings is 1. The van der Waals surface area contributed by atoms with Crippen LogP contribution in [0.2, 0.25) is 5.02 Å². The van der Waals surface area contributed by atoms with Crippen LogP contribution in [0.25, 0.3) is 11.3 Å². The second-order valence-electron chi connectivity index (χ2n) is 4.80. The lowest BCUT2D eigenvalue weighted by atomic mass is 10.1. The molecule has 0 bridgehead atoms. The molecule has 0 saturated heterocycles. The molecule has 1 heterocycles. The number of benzene rings is 1. The van der Waals surface area contributed by atoms with Gasteiger partial charge < -0.3 is 19.2 Å². The van der Waals surface area contributed by atoms with Gasteiger partial charge in [0.15, 0.2) is 17.8 Å². The molecule has 7 heteroatoms. The predicted octanol–water partition coefficient (Wildman–Crippen LogP) is 2.07.